The number of esters is 1. The van der Waals surface area contributed by atoms with E-state index in [1.54, 1.807) is 67.8 Å². The number of imide groups is 1. The van der Waals surface area contributed by atoms with E-state index in [9.17, 15) is 19.2 Å². The highest BCUT2D eigenvalue weighted by molar-refractivity contribution is 9.10. The molecule has 3 aliphatic rings. The zero-order valence-electron chi connectivity index (χ0n) is 25.4. The minimum Gasteiger partial charge on any atom is -0.497 e. The summed E-state index contributed by atoms with van der Waals surface area (Å²) in [5, 5.41) is 0.970. The van der Waals surface area contributed by atoms with E-state index in [-0.39, 0.29) is 35.0 Å². The molecule has 1 aromatic heterocycles. The number of nitrogens with zero attached hydrogens (tertiary/aromatic N) is 2. The van der Waals surface area contributed by atoms with Crippen LogP contribution in [0.1, 0.15) is 52.5 Å². The monoisotopic (exact) mass is 700 g/mol. The highest BCUT2D eigenvalue weighted by Gasteiger charge is 2.61. The van der Waals surface area contributed by atoms with Crippen LogP contribution in [0, 0.1) is 30.6 Å². The lowest BCUT2D eigenvalue weighted by Crippen LogP contribution is -2.32. The number of benzene rings is 3. The Bertz CT molecular complexity index is 1920. The smallest absolute Gasteiger partial charge is 0.339 e. The number of ether oxygens (including phenoxy) is 2. The van der Waals surface area contributed by atoms with Gasteiger partial charge in [0.25, 0.3) is 0 Å². The number of halogens is 2. The highest BCUT2D eigenvalue weighted by atomic mass is 79.9. The van der Waals surface area contributed by atoms with Crippen molar-refractivity contribution in [1.29, 1.82) is 0 Å². The molecule has 2 bridgehead atoms. The Hall–Kier alpha value is -4.08. The third-order valence-electron chi connectivity index (χ3n) is 9.82. The summed E-state index contributed by atoms with van der Waals surface area (Å²) in [6.07, 6.45) is 1.95. The summed E-state index contributed by atoms with van der Waals surface area (Å²) in [5.74, 6) is -0.425. The Balaban J connectivity index is 1.21. The van der Waals surface area contributed by atoms with Crippen molar-refractivity contribution in [3.8, 4) is 17.0 Å². The summed E-state index contributed by atoms with van der Waals surface area (Å²) in [7, 11) is 1.54. The maximum absolute atomic E-state index is 13.7. The lowest BCUT2D eigenvalue weighted by atomic mass is 9.81. The lowest BCUT2D eigenvalue weighted by molar-refractivity contribution is -0.123. The standard InChI is InChI=1S/C36H30BrClN2O6/c1-17-31(38)27(37)15-25-26(36(44)46-18(2)33(41)20-8-12-24(45-3)13-9-20)16-28(39-32(17)25)19-6-10-23(11-7-19)40-34(42)29-21-4-5-22(14-21)30(29)35(40)43/h6-13,15-16,18,21-22,29-30H,4-5,14H2,1-3H3. The molecule has 5 unspecified atom stereocenters. The number of aryl methyl sites for hydroxylation is 1. The van der Waals surface area contributed by atoms with Gasteiger partial charge in [-0.05, 0) is 115 Å². The van der Waals surface area contributed by atoms with E-state index in [0.29, 0.717) is 66.1 Å². The van der Waals surface area contributed by atoms with Crippen LogP contribution in [-0.2, 0) is 14.3 Å². The van der Waals surface area contributed by atoms with Crippen LogP contribution < -0.4 is 9.64 Å². The molecule has 46 heavy (non-hydrogen) atoms. The summed E-state index contributed by atoms with van der Waals surface area (Å²) >= 11 is 10.0. The maximum Gasteiger partial charge on any atom is 0.339 e. The Morgan fingerprint density at radius 2 is 1.61 bits per heavy atom. The van der Waals surface area contributed by atoms with Crippen LogP contribution >= 0.6 is 27.5 Å². The summed E-state index contributed by atoms with van der Waals surface area (Å²) in [6.45, 7) is 3.35. The number of methoxy groups -OCH3 is 1. The molecular weight excluding hydrogens is 672 g/mol. The molecule has 3 fully saturated rings. The quantitative estimate of drug-likeness (QED) is 0.111. The van der Waals surface area contributed by atoms with Crippen molar-refractivity contribution in [2.75, 3.05) is 12.0 Å². The van der Waals surface area contributed by atoms with Gasteiger partial charge in [0.1, 0.15) is 5.75 Å². The Morgan fingerprint density at radius 1 is 0.978 bits per heavy atom. The summed E-state index contributed by atoms with van der Waals surface area (Å²) < 4.78 is 11.5. The summed E-state index contributed by atoms with van der Waals surface area (Å²) in [4.78, 5) is 59.7. The molecule has 2 saturated carbocycles. The van der Waals surface area contributed by atoms with Crippen molar-refractivity contribution in [1.82, 2.24) is 4.98 Å². The predicted octanol–water partition coefficient (Wildman–Crippen LogP) is 7.60. The Kier molecular flexibility index (Phi) is 7.72. The van der Waals surface area contributed by atoms with E-state index >= 15 is 0 Å². The van der Waals surface area contributed by atoms with E-state index < -0.39 is 12.1 Å². The van der Waals surface area contributed by atoms with Gasteiger partial charge in [0.15, 0.2) is 6.10 Å². The molecule has 4 aromatic rings. The molecule has 234 valence electrons. The first kappa shape index (κ1) is 30.6. The molecule has 0 spiro atoms. The number of hydrogen-bond acceptors (Lipinski definition) is 7. The molecule has 1 saturated heterocycles. The number of rotatable bonds is 7. The number of Topliss-reactive ketones (excluding diaryl/α,β-unsaturated/α-hetero) is 1. The van der Waals surface area contributed by atoms with E-state index in [0.717, 1.165) is 19.3 Å². The topological polar surface area (TPSA) is 103 Å². The molecule has 1 aliphatic heterocycles. The number of hydrogen-bond donors (Lipinski definition) is 0. The van der Waals surface area contributed by atoms with E-state index in [1.165, 1.54) is 11.8 Å². The second kappa shape index (κ2) is 11.6. The van der Waals surface area contributed by atoms with Crippen molar-refractivity contribution >= 4 is 67.7 Å². The van der Waals surface area contributed by atoms with Crippen LogP contribution in [0.3, 0.4) is 0 Å². The molecule has 2 heterocycles. The Morgan fingerprint density at radius 3 is 2.22 bits per heavy atom. The molecule has 2 aliphatic carbocycles. The minimum atomic E-state index is -1.06. The average molecular weight is 702 g/mol. The van der Waals surface area contributed by atoms with Gasteiger partial charge in [-0.2, -0.15) is 0 Å². The van der Waals surface area contributed by atoms with Crippen molar-refractivity contribution < 1.29 is 28.7 Å². The molecule has 7 rings (SSSR count). The zero-order chi connectivity index (χ0) is 32.4. The van der Waals surface area contributed by atoms with Crippen LogP contribution in [0.25, 0.3) is 22.2 Å². The number of pyridine rings is 1. The van der Waals surface area contributed by atoms with Crippen molar-refractivity contribution in [3.05, 3.63) is 86.8 Å². The number of carbonyl (C=O) groups excluding carboxylic acids is 4. The summed E-state index contributed by atoms with van der Waals surface area (Å²) in [6, 6.07) is 17.0. The molecule has 0 N–H and O–H groups in total. The molecule has 3 aromatic carbocycles. The van der Waals surface area contributed by atoms with Crippen LogP contribution in [0.15, 0.2) is 65.1 Å². The first-order valence-corrected chi connectivity index (χ1v) is 16.4. The average Bonchev–Trinajstić information content (AvgIpc) is 3.76. The van der Waals surface area contributed by atoms with Crippen molar-refractivity contribution in [3.63, 3.8) is 0 Å². The van der Waals surface area contributed by atoms with Gasteiger partial charge in [-0.3, -0.25) is 19.3 Å². The highest BCUT2D eigenvalue weighted by Crippen LogP contribution is 2.56. The first-order valence-electron chi connectivity index (χ1n) is 15.2. The second-order valence-corrected chi connectivity index (χ2v) is 13.6. The third-order valence-corrected chi connectivity index (χ3v) is 11.2. The molecular formula is C36H30BrClN2O6. The van der Waals surface area contributed by atoms with Crippen molar-refractivity contribution in [2.45, 2.75) is 39.2 Å². The number of amides is 2. The molecule has 5 atom stereocenters. The van der Waals surface area contributed by atoms with Crippen LogP contribution in [0.5, 0.6) is 5.75 Å². The van der Waals surface area contributed by atoms with Crippen LogP contribution in [0.4, 0.5) is 5.69 Å². The molecule has 2 amide bonds. The zero-order valence-corrected chi connectivity index (χ0v) is 27.7. The number of anilines is 1. The molecule has 8 nitrogen and oxygen atoms in total. The van der Waals surface area contributed by atoms with Gasteiger partial charge >= 0.3 is 5.97 Å². The molecule has 10 heteroatoms. The van der Waals surface area contributed by atoms with E-state index in [2.05, 4.69) is 15.9 Å². The predicted molar refractivity (Wildman–Crippen MR) is 177 cm³/mol. The fourth-order valence-electron chi connectivity index (χ4n) is 7.49. The number of fused-ring (bicyclic) bond motifs is 6. The fourth-order valence-corrected chi connectivity index (χ4v) is 8.16. The Labute approximate surface area is 279 Å². The number of aromatic nitrogens is 1. The van der Waals surface area contributed by atoms with Crippen LogP contribution in [-0.4, -0.2) is 41.8 Å². The first-order chi connectivity index (χ1) is 22.1. The molecule has 0 radical (unpaired) electrons. The third kappa shape index (κ3) is 4.91. The van der Waals surface area contributed by atoms with E-state index in [4.69, 9.17) is 26.1 Å². The minimum absolute atomic E-state index is 0.0991. The van der Waals surface area contributed by atoms with Gasteiger partial charge in [0.2, 0.25) is 17.6 Å². The van der Waals surface area contributed by atoms with Gasteiger partial charge < -0.3 is 9.47 Å². The van der Waals surface area contributed by atoms with Crippen LogP contribution in [0.2, 0.25) is 5.02 Å². The fraction of sp³-hybridized carbons (Fsp3) is 0.306. The van der Waals surface area contributed by atoms with Gasteiger partial charge in [-0.25, -0.2) is 9.78 Å². The van der Waals surface area contributed by atoms with E-state index in [1.807, 2.05) is 6.92 Å². The second-order valence-electron chi connectivity index (χ2n) is 12.3. The SMILES string of the molecule is COc1ccc(C(=O)C(C)OC(=O)c2cc(-c3ccc(N4C(=O)C5C6CCC(C6)C5C4=O)cc3)nc3c(C)c(Cl)c(Br)cc23)cc1. The largest absolute Gasteiger partial charge is 0.497 e. The van der Waals surface area contributed by atoms with Gasteiger partial charge in [-0.1, -0.05) is 23.7 Å². The normalized spacial score (nSPS) is 22.3. The van der Waals surface area contributed by atoms with Gasteiger partial charge in [-0.15, -0.1) is 0 Å². The van der Waals surface area contributed by atoms with Gasteiger partial charge in [0.05, 0.1) is 46.4 Å². The summed E-state index contributed by atoms with van der Waals surface area (Å²) in [5.41, 5.74) is 3.43. The van der Waals surface area contributed by atoms with Crippen molar-refractivity contribution in [2.24, 2.45) is 23.7 Å². The van der Waals surface area contributed by atoms with Gasteiger partial charge in [0, 0.05) is 21.0 Å². The number of ketones is 1. The lowest BCUT2D eigenvalue weighted by Gasteiger charge is -2.19. The maximum atomic E-state index is 13.7. The number of carbonyl (C=O) groups is 4.